The zero-order chi connectivity index (χ0) is 14.6. The summed E-state index contributed by atoms with van der Waals surface area (Å²) in [6.07, 6.45) is 20.2. The van der Waals surface area contributed by atoms with Gasteiger partial charge in [0.15, 0.2) is 0 Å². The van der Waals surface area contributed by atoms with Crippen LogP contribution >= 0.6 is 0 Å². The van der Waals surface area contributed by atoms with E-state index in [1.54, 1.807) is 0 Å². The topological polar surface area (TPSA) is 9.23 Å². The van der Waals surface area contributed by atoms with E-state index in [1.165, 1.54) is 77.0 Å². The molecule has 5 unspecified atom stereocenters. The quantitative estimate of drug-likeness (QED) is 0.537. The second-order valence-corrected chi connectivity index (χ2v) is 8.94. The van der Waals surface area contributed by atoms with Crippen LogP contribution in [-0.4, -0.2) is 12.2 Å². The van der Waals surface area contributed by atoms with Crippen molar-refractivity contribution in [1.82, 2.24) is 0 Å². The first-order chi connectivity index (χ1) is 10.9. The average molecular weight is 300 g/mol. The Balaban J connectivity index is 1.56. The van der Waals surface area contributed by atoms with Crippen LogP contribution in [0, 0.1) is 29.6 Å². The Morgan fingerprint density at radius 2 is 1.41 bits per heavy atom. The Morgan fingerprint density at radius 3 is 2.14 bits per heavy atom. The van der Waals surface area contributed by atoms with E-state index in [0.29, 0.717) is 0 Å². The van der Waals surface area contributed by atoms with Crippen LogP contribution in [0.4, 0.5) is 0 Å². The summed E-state index contributed by atoms with van der Waals surface area (Å²) in [6.45, 7) is 1.05. The van der Waals surface area contributed by atoms with Crippen molar-refractivity contribution in [3.63, 3.8) is 0 Å². The van der Waals surface area contributed by atoms with Gasteiger partial charge in [-0.2, -0.15) is 0 Å². The molecular weight excluding hydrogens is 268 g/mol. The molecule has 0 saturated heterocycles. The van der Waals surface area contributed by atoms with Gasteiger partial charge in [-0.3, -0.25) is 0 Å². The Hall–Kier alpha value is -0.300. The van der Waals surface area contributed by atoms with Crippen LogP contribution in [0.3, 0.4) is 0 Å². The number of hydrogen-bond donors (Lipinski definition) is 0. The van der Waals surface area contributed by atoms with E-state index in [1.807, 2.05) is 5.57 Å². The summed E-state index contributed by atoms with van der Waals surface area (Å²) in [5, 5.41) is 0. The molecule has 0 aromatic rings. The molecule has 1 heterocycles. The summed E-state index contributed by atoms with van der Waals surface area (Å²) in [6, 6.07) is 0. The van der Waals surface area contributed by atoms with Gasteiger partial charge in [0.2, 0.25) is 0 Å². The molecule has 0 aromatic heterocycles. The van der Waals surface area contributed by atoms with Crippen molar-refractivity contribution in [3.8, 4) is 0 Å². The number of fused-ring (bicyclic) bond motifs is 6. The maximum atomic E-state index is 6.86. The first-order valence-electron chi connectivity index (χ1n) is 10.2. The van der Waals surface area contributed by atoms with Gasteiger partial charge in [0.1, 0.15) is 0 Å². The second kappa shape index (κ2) is 5.36. The lowest BCUT2D eigenvalue weighted by atomic mass is 9.69. The molecule has 1 heteroatoms. The Labute approximate surface area is 135 Å². The van der Waals surface area contributed by atoms with Gasteiger partial charge in [-0.15, -0.1) is 0 Å². The zero-order valence-corrected chi connectivity index (χ0v) is 14.1. The second-order valence-electron chi connectivity index (χ2n) is 8.94. The number of hydrogen-bond acceptors (Lipinski definition) is 1. The molecule has 1 nitrogen and oxygen atoms in total. The highest BCUT2D eigenvalue weighted by molar-refractivity contribution is 5.26. The van der Waals surface area contributed by atoms with Gasteiger partial charge in [-0.25, -0.2) is 0 Å². The van der Waals surface area contributed by atoms with E-state index in [-0.39, 0.29) is 5.60 Å². The third-order valence-corrected chi connectivity index (χ3v) is 8.09. The first-order valence-corrected chi connectivity index (χ1v) is 10.2. The fourth-order valence-corrected chi connectivity index (χ4v) is 7.23. The Bertz CT molecular complexity index is 443. The third kappa shape index (κ3) is 1.93. The monoisotopic (exact) mass is 300 g/mol. The smallest absolute Gasteiger partial charge is 0.0926 e. The molecule has 0 amide bonds. The van der Waals surface area contributed by atoms with Gasteiger partial charge in [-0.05, 0) is 68.6 Å². The minimum Gasteiger partial charge on any atom is -0.370 e. The summed E-state index contributed by atoms with van der Waals surface area (Å²) >= 11 is 0. The van der Waals surface area contributed by atoms with Crippen molar-refractivity contribution in [2.45, 2.75) is 82.7 Å². The van der Waals surface area contributed by atoms with Gasteiger partial charge in [0.25, 0.3) is 0 Å². The van der Waals surface area contributed by atoms with Crippen LogP contribution in [0.15, 0.2) is 11.6 Å². The fraction of sp³-hybridized carbons (Fsp3) is 0.905. The maximum Gasteiger partial charge on any atom is 0.0926 e. The Kier molecular flexibility index (Phi) is 3.43. The van der Waals surface area contributed by atoms with E-state index < -0.39 is 0 Å². The molecule has 122 valence electrons. The summed E-state index contributed by atoms with van der Waals surface area (Å²) < 4.78 is 6.86. The molecule has 5 aliphatic rings. The molecule has 5 atom stereocenters. The van der Waals surface area contributed by atoms with E-state index in [9.17, 15) is 0 Å². The normalized spacial score (nSPS) is 50.9. The highest BCUT2D eigenvalue weighted by Crippen LogP contribution is 2.62. The molecule has 22 heavy (non-hydrogen) atoms. The van der Waals surface area contributed by atoms with Crippen LogP contribution < -0.4 is 0 Å². The summed E-state index contributed by atoms with van der Waals surface area (Å²) in [5.74, 6) is 4.51. The van der Waals surface area contributed by atoms with Gasteiger partial charge in [0, 0.05) is 5.92 Å². The third-order valence-electron chi connectivity index (χ3n) is 8.09. The van der Waals surface area contributed by atoms with Crippen molar-refractivity contribution < 1.29 is 4.74 Å². The Morgan fingerprint density at radius 1 is 0.773 bits per heavy atom. The minimum atomic E-state index is 0.180. The molecule has 4 aliphatic carbocycles. The van der Waals surface area contributed by atoms with Crippen molar-refractivity contribution in [2.75, 3.05) is 6.61 Å². The standard InChI is InChI=1S/C21H32O/c1-2-8-16-14-22-21(13-15(16)7-1)19-11-5-3-9-17(19)18-10-4-6-12-20(18)21/h13,16-20H,1-12,14H2. The van der Waals surface area contributed by atoms with Crippen molar-refractivity contribution in [2.24, 2.45) is 29.6 Å². The number of ether oxygens (including phenoxy) is 1. The van der Waals surface area contributed by atoms with Gasteiger partial charge in [-0.1, -0.05) is 43.8 Å². The van der Waals surface area contributed by atoms with Gasteiger partial charge < -0.3 is 4.74 Å². The predicted octanol–water partition coefficient (Wildman–Crippen LogP) is 5.50. The van der Waals surface area contributed by atoms with Crippen LogP contribution in [0.2, 0.25) is 0 Å². The van der Waals surface area contributed by atoms with E-state index in [4.69, 9.17) is 4.74 Å². The highest BCUT2D eigenvalue weighted by atomic mass is 16.5. The lowest BCUT2D eigenvalue weighted by Crippen LogP contribution is -2.48. The molecule has 5 rings (SSSR count). The molecular formula is C21H32O. The fourth-order valence-electron chi connectivity index (χ4n) is 7.23. The van der Waals surface area contributed by atoms with Crippen LogP contribution in [0.5, 0.6) is 0 Å². The van der Waals surface area contributed by atoms with E-state index in [0.717, 1.165) is 36.2 Å². The van der Waals surface area contributed by atoms with E-state index >= 15 is 0 Å². The predicted molar refractivity (Wildman–Crippen MR) is 89.6 cm³/mol. The minimum absolute atomic E-state index is 0.180. The zero-order valence-electron chi connectivity index (χ0n) is 14.1. The summed E-state index contributed by atoms with van der Waals surface area (Å²) in [7, 11) is 0. The summed E-state index contributed by atoms with van der Waals surface area (Å²) in [5.41, 5.74) is 1.99. The van der Waals surface area contributed by atoms with Gasteiger partial charge in [0.05, 0.1) is 12.2 Å². The van der Waals surface area contributed by atoms with Crippen LogP contribution in [0.1, 0.15) is 77.0 Å². The van der Waals surface area contributed by atoms with E-state index in [2.05, 4.69) is 6.08 Å². The molecule has 4 saturated carbocycles. The molecule has 0 radical (unpaired) electrons. The molecule has 0 bridgehead atoms. The molecule has 4 fully saturated rings. The molecule has 1 aliphatic heterocycles. The molecule has 0 N–H and O–H groups in total. The van der Waals surface area contributed by atoms with Crippen LogP contribution in [-0.2, 0) is 4.74 Å². The average Bonchev–Trinajstić information content (AvgIpc) is 2.86. The number of rotatable bonds is 0. The molecule has 1 spiro atoms. The largest absolute Gasteiger partial charge is 0.370 e. The van der Waals surface area contributed by atoms with Crippen molar-refractivity contribution in [1.29, 1.82) is 0 Å². The van der Waals surface area contributed by atoms with Crippen molar-refractivity contribution >= 4 is 0 Å². The lowest BCUT2D eigenvalue weighted by molar-refractivity contribution is -0.103. The molecule has 0 aromatic carbocycles. The maximum absolute atomic E-state index is 6.86. The highest BCUT2D eigenvalue weighted by Gasteiger charge is 2.61. The first kappa shape index (κ1) is 14.1. The SMILES string of the molecule is C1=C2CCCCC2COC12C1CCCCC1C1CCCCC12. The lowest BCUT2D eigenvalue weighted by Gasteiger charge is -2.47. The summed E-state index contributed by atoms with van der Waals surface area (Å²) in [4.78, 5) is 0. The van der Waals surface area contributed by atoms with Gasteiger partial charge >= 0.3 is 0 Å². The van der Waals surface area contributed by atoms with Crippen molar-refractivity contribution in [3.05, 3.63) is 11.6 Å². The van der Waals surface area contributed by atoms with Crippen LogP contribution in [0.25, 0.3) is 0 Å².